The molecule has 1 atom stereocenters. The highest BCUT2D eigenvalue weighted by Gasteiger charge is 1.98. The van der Waals surface area contributed by atoms with Crippen molar-refractivity contribution < 1.29 is 0 Å². The summed E-state index contributed by atoms with van der Waals surface area (Å²) in [5.41, 5.74) is 0. The minimum Gasteiger partial charge on any atom is -0.0654 e. The second-order valence-electron chi connectivity index (χ2n) is 6.54. The highest BCUT2D eigenvalue weighted by Crippen LogP contribution is 2.15. The maximum Gasteiger partial charge on any atom is -0.0445 e. The molecule has 0 aliphatic rings. The molecular formula is C19H40. The molecule has 0 aliphatic carbocycles. The first-order valence-corrected chi connectivity index (χ1v) is 9.31. The third kappa shape index (κ3) is 15.9. The number of unbranched alkanes of at least 4 members (excludes halogenated alkanes) is 12. The fourth-order valence-corrected chi connectivity index (χ4v) is 2.71. The summed E-state index contributed by atoms with van der Waals surface area (Å²) >= 11 is 0. The van der Waals surface area contributed by atoms with E-state index in [1.165, 1.54) is 96.3 Å². The molecule has 0 spiro atoms. The third-order valence-corrected chi connectivity index (χ3v) is 4.50. The van der Waals surface area contributed by atoms with Crippen molar-refractivity contribution in [3.8, 4) is 0 Å². The normalized spacial score (nSPS) is 12.8. The first kappa shape index (κ1) is 19.0. The molecule has 0 saturated heterocycles. The van der Waals surface area contributed by atoms with Crippen LogP contribution in [0.1, 0.15) is 117 Å². The predicted octanol–water partition coefficient (Wildman–Crippen LogP) is 7.51. The number of hydrogen-bond acceptors (Lipinski definition) is 0. The van der Waals surface area contributed by atoms with Crippen LogP contribution < -0.4 is 0 Å². The topological polar surface area (TPSA) is 0 Å². The van der Waals surface area contributed by atoms with Crippen molar-refractivity contribution in [1.82, 2.24) is 0 Å². The molecule has 0 nitrogen and oxygen atoms in total. The zero-order valence-corrected chi connectivity index (χ0v) is 14.2. The zero-order chi connectivity index (χ0) is 14.2. The van der Waals surface area contributed by atoms with Crippen LogP contribution in [0, 0.1) is 5.92 Å². The van der Waals surface area contributed by atoms with E-state index in [4.69, 9.17) is 0 Å². The Morgan fingerprint density at radius 2 is 0.895 bits per heavy atom. The van der Waals surface area contributed by atoms with Gasteiger partial charge in [0.1, 0.15) is 0 Å². The lowest BCUT2D eigenvalue weighted by Crippen LogP contribution is -1.91. The van der Waals surface area contributed by atoms with Crippen LogP contribution >= 0.6 is 0 Å². The van der Waals surface area contributed by atoms with Crippen LogP contribution in [0.3, 0.4) is 0 Å². The van der Waals surface area contributed by atoms with Gasteiger partial charge in [-0.05, 0) is 5.92 Å². The average Bonchev–Trinajstić information content (AvgIpc) is 2.43. The van der Waals surface area contributed by atoms with Gasteiger partial charge in [0.15, 0.2) is 0 Å². The van der Waals surface area contributed by atoms with Crippen LogP contribution in [-0.4, -0.2) is 0 Å². The summed E-state index contributed by atoms with van der Waals surface area (Å²) in [5.74, 6) is 0.952. The maximum atomic E-state index is 2.39. The molecule has 0 fully saturated rings. The Morgan fingerprint density at radius 3 is 1.26 bits per heavy atom. The molecule has 0 N–H and O–H groups in total. The van der Waals surface area contributed by atoms with Crippen LogP contribution in [0.2, 0.25) is 0 Å². The van der Waals surface area contributed by atoms with E-state index in [0.717, 1.165) is 5.92 Å². The highest BCUT2D eigenvalue weighted by atomic mass is 14.0. The average molecular weight is 269 g/mol. The smallest absolute Gasteiger partial charge is 0.0445 e. The van der Waals surface area contributed by atoms with Gasteiger partial charge in [0.2, 0.25) is 0 Å². The standard InChI is InChI=1S/C19H40/c1-4-6-7-8-9-10-11-12-13-14-15-16-17-18-19(3)5-2/h19H,4-18H2,1-3H3/t19-/m0/s1. The predicted molar refractivity (Wildman–Crippen MR) is 89.8 cm³/mol. The van der Waals surface area contributed by atoms with Crippen LogP contribution in [0.5, 0.6) is 0 Å². The Morgan fingerprint density at radius 1 is 0.526 bits per heavy atom. The van der Waals surface area contributed by atoms with Gasteiger partial charge in [-0.3, -0.25) is 0 Å². The van der Waals surface area contributed by atoms with Crippen molar-refractivity contribution in [3.63, 3.8) is 0 Å². The van der Waals surface area contributed by atoms with E-state index in [1.807, 2.05) is 0 Å². The fraction of sp³-hybridized carbons (Fsp3) is 1.00. The molecule has 19 heavy (non-hydrogen) atoms. The van der Waals surface area contributed by atoms with E-state index in [0.29, 0.717) is 0 Å². The second kappa shape index (κ2) is 16.1. The van der Waals surface area contributed by atoms with Gasteiger partial charge in [0, 0.05) is 0 Å². The van der Waals surface area contributed by atoms with Gasteiger partial charge in [-0.15, -0.1) is 0 Å². The van der Waals surface area contributed by atoms with Gasteiger partial charge in [0.05, 0.1) is 0 Å². The molecule has 116 valence electrons. The Balaban J connectivity index is 2.95. The van der Waals surface area contributed by atoms with E-state index < -0.39 is 0 Å². The third-order valence-electron chi connectivity index (χ3n) is 4.50. The minimum absolute atomic E-state index is 0.952. The van der Waals surface area contributed by atoms with Crippen molar-refractivity contribution in [2.75, 3.05) is 0 Å². The van der Waals surface area contributed by atoms with Gasteiger partial charge in [-0.2, -0.15) is 0 Å². The molecule has 0 aromatic heterocycles. The summed E-state index contributed by atoms with van der Waals surface area (Å²) in [6.45, 7) is 7.00. The largest absolute Gasteiger partial charge is 0.0654 e. The first-order chi connectivity index (χ1) is 9.31. The lowest BCUT2D eigenvalue weighted by Gasteiger charge is -2.07. The molecule has 0 bridgehead atoms. The molecule has 0 aliphatic heterocycles. The molecule has 0 saturated carbocycles. The van der Waals surface area contributed by atoms with Crippen molar-refractivity contribution in [1.29, 1.82) is 0 Å². The van der Waals surface area contributed by atoms with Crippen molar-refractivity contribution in [2.24, 2.45) is 5.92 Å². The lowest BCUT2D eigenvalue weighted by atomic mass is 9.99. The Bertz CT molecular complexity index is 150. The molecule has 0 amide bonds. The molecular weight excluding hydrogens is 228 g/mol. The monoisotopic (exact) mass is 268 g/mol. The summed E-state index contributed by atoms with van der Waals surface area (Å²) < 4.78 is 0. The van der Waals surface area contributed by atoms with Gasteiger partial charge in [-0.25, -0.2) is 0 Å². The van der Waals surface area contributed by atoms with Gasteiger partial charge in [-0.1, -0.05) is 117 Å². The SMILES string of the molecule is CCCCCCCCCCCCCCC[C@@H](C)CC. The highest BCUT2D eigenvalue weighted by molar-refractivity contribution is 4.52. The Labute approximate surface area is 123 Å². The Hall–Kier alpha value is 0. The van der Waals surface area contributed by atoms with Crippen molar-refractivity contribution >= 4 is 0 Å². The summed E-state index contributed by atoms with van der Waals surface area (Å²) in [6, 6.07) is 0. The molecule has 0 heterocycles. The summed E-state index contributed by atoms with van der Waals surface area (Å²) in [4.78, 5) is 0. The molecule has 0 radical (unpaired) electrons. The summed E-state index contributed by atoms with van der Waals surface area (Å²) in [5, 5.41) is 0. The molecule has 0 aromatic carbocycles. The van der Waals surface area contributed by atoms with Crippen LogP contribution in [0.4, 0.5) is 0 Å². The molecule has 0 rings (SSSR count). The van der Waals surface area contributed by atoms with Crippen LogP contribution in [0.15, 0.2) is 0 Å². The number of hydrogen-bond donors (Lipinski definition) is 0. The number of rotatable bonds is 15. The zero-order valence-electron chi connectivity index (χ0n) is 14.2. The summed E-state index contributed by atoms with van der Waals surface area (Å²) in [7, 11) is 0. The van der Waals surface area contributed by atoms with E-state index in [2.05, 4.69) is 20.8 Å². The quantitative estimate of drug-likeness (QED) is 0.269. The maximum absolute atomic E-state index is 2.39. The van der Waals surface area contributed by atoms with E-state index in [-0.39, 0.29) is 0 Å². The minimum atomic E-state index is 0.952. The van der Waals surface area contributed by atoms with E-state index in [9.17, 15) is 0 Å². The molecule has 0 unspecified atom stereocenters. The van der Waals surface area contributed by atoms with Gasteiger partial charge >= 0.3 is 0 Å². The van der Waals surface area contributed by atoms with E-state index in [1.54, 1.807) is 0 Å². The molecule has 0 heteroatoms. The fourth-order valence-electron chi connectivity index (χ4n) is 2.71. The lowest BCUT2D eigenvalue weighted by molar-refractivity contribution is 0.468. The second-order valence-corrected chi connectivity index (χ2v) is 6.54. The summed E-state index contributed by atoms with van der Waals surface area (Å²) in [6.07, 6.45) is 21.9. The van der Waals surface area contributed by atoms with Gasteiger partial charge in [0.25, 0.3) is 0 Å². The van der Waals surface area contributed by atoms with Gasteiger partial charge < -0.3 is 0 Å². The van der Waals surface area contributed by atoms with Crippen molar-refractivity contribution in [3.05, 3.63) is 0 Å². The van der Waals surface area contributed by atoms with E-state index >= 15 is 0 Å². The van der Waals surface area contributed by atoms with Crippen LogP contribution in [-0.2, 0) is 0 Å². The first-order valence-electron chi connectivity index (χ1n) is 9.31. The Kier molecular flexibility index (Phi) is 16.1. The molecule has 0 aromatic rings. The van der Waals surface area contributed by atoms with Crippen molar-refractivity contribution in [2.45, 2.75) is 117 Å². The van der Waals surface area contributed by atoms with Crippen LogP contribution in [0.25, 0.3) is 0 Å².